The highest BCUT2D eigenvalue weighted by molar-refractivity contribution is 5.97. The first-order valence-corrected chi connectivity index (χ1v) is 5.87. The number of nitrogens with zero attached hydrogens (tertiary/aromatic N) is 3. The summed E-state index contributed by atoms with van der Waals surface area (Å²) in [4.78, 5) is 15.3. The zero-order valence-corrected chi connectivity index (χ0v) is 10.4. The summed E-state index contributed by atoms with van der Waals surface area (Å²) in [5, 5.41) is 11.4. The van der Waals surface area contributed by atoms with Gasteiger partial charge in [-0.15, -0.1) is 0 Å². The summed E-state index contributed by atoms with van der Waals surface area (Å²) in [5.74, 6) is -0.434. The molecule has 5 nitrogen and oxygen atoms in total. The van der Waals surface area contributed by atoms with E-state index in [1.54, 1.807) is 0 Å². The standard InChI is InChI=1S/C13H7F3N4O/c14-13(15,16)10-5-20-6-11(21)18-9-3-7(4-17)1-2-8(9)12(20)19-10/h1-3,5H,6H2,(H,18,21). The molecular weight excluding hydrogens is 285 g/mol. The molecule has 1 aliphatic heterocycles. The molecule has 2 heterocycles. The number of imidazole rings is 1. The van der Waals surface area contributed by atoms with E-state index in [2.05, 4.69) is 10.3 Å². The van der Waals surface area contributed by atoms with Crippen LogP contribution in [0.5, 0.6) is 0 Å². The van der Waals surface area contributed by atoms with Crippen molar-refractivity contribution in [3.05, 3.63) is 35.7 Å². The minimum Gasteiger partial charge on any atom is -0.324 e. The number of fused-ring (bicyclic) bond motifs is 3. The first-order chi connectivity index (χ1) is 9.88. The van der Waals surface area contributed by atoms with Crippen LogP contribution in [0.25, 0.3) is 11.4 Å². The Hall–Kier alpha value is -2.82. The van der Waals surface area contributed by atoms with Crippen molar-refractivity contribution in [2.24, 2.45) is 0 Å². The van der Waals surface area contributed by atoms with Gasteiger partial charge in [0.25, 0.3) is 0 Å². The van der Waals surface area contributed by atoms with Crippen LogP contribution in [0.3, 0.4) is 0 Å². The van der Waals surface area contributed by atoms with E-state index in [4.69, 9.17) is 5.26 Å². The number of hydrogen-bond donors (Lipinski definition) is 1. The predicted octanol–water partition coefficient (Wildman–Crippen LogP) is 2.39. The van der Waals surface area contributed by atoms with Gasteiger partial charge in [-0.3, -0.25) is 4.79 Å². The molecule has 1 aliphatic rings. The molecular formula is C13H7F3N4O. The topological polar surface area (TPSA) is 70.7 Å². The maximum Gasteiger partial charge on any atom is 0.434 e. The zero-order valence-electron chi connectivity index (χ0n) is 10.4. The van der Waals surface area contributed by atoms with Crippen LogP contribution in [0.4, 0.5) is 18.9 Å². The highest BCUT2D eigenvalue weighted by Crippen LogP contribution is 2.35. The van der Waals surface area contributed by atoms with Gasteiger partial charge in [0, 0.05) is 11.8 Å². The summed E-state index contributed by atoms with van der Waals surface area (Å²) in [6, 6.07) is 6.25. The van der Waals surface area contributed by atoms with Crippen molar-refractivity contribution in [3.8, 4) is 17.5 Å². The predicted molar refractivity (Wildman–Crippen MR) is 66.0 cm³/mol. The molecule has 1 aromatic carbocycles. The summed E-state index contributed by atoms with van der Waals surface area (Å²) in [6.07, 6.45) is -3.77. The molecule has 0 saturated heterocycles. The van der Waals surface area contributed by atoms with Crippen LogP contribution in [0.2, 0.25) is 0 Å². The van der Waals surface area contributed by atoms with E-state index >= 15 is 0 Å². The number of carbonyl (C=O) groups excluding carboxylic acids is 1. The Morgan fingerprint density at radius 2 is 2.14 bits per heavy atom. The van der Waals surface area contributed by atoms with Crippen LogP contribution in [0.1, 0.15) is 11.3 Å². The average molecular weight is 292 g/mol. The molecule has 1 amide bonds. The number of carbonyl (C=O) groups is 1. The average Bonchev–Trinajstić information content (AvgIpc) is 2.77. The van der Waals surface area contributed by atoms with Crippen molar-refractivity contribution < 1.29 is 18.0 Å². The zero-order chi connectivity index (χ0) is 15.2. The lowest BCUT2D eigenvalue weighted by molar-refractivity contribution is -0.141. The molecule has 0 saturated carbocycles. The van der Waals surface area contributed by atoms with Crippen molar-refractivity contribution in [2.75, 3.05) is 5.32 Å². The largest absolute Gasteiger partial charge is 0.434 e. The number of hydrogen-bond acceptors (Lipinski definition) is 3. The third-order valence-electron chi connectivity index (χ3n) is 3.04. The van der Waals surface area contributed by atoms with Gasteiger partial charge in [0.05, 0.1) is 17.3 Å². The quantitative estimate of drug-likeness (QED) is 0.810. The Morgan fingerprint density at radius 1 is 1.38 bits per heavy atom. The van der Waals surface area contributed by atoms with E-state index in [1.807, 2.05) is 6.07 Å². The van der Waals surface area contributed by atoms with Gasteiger partial charge in [-0.25, -0.2) is 4.98 Å². The number of halogens is 3. The smallest absolute Gasteiger partial charge is 0.324 e. The second-order valence-corrected chi connectivity index (χ2v) is 4.50. The van der Waals surface area contributed by atoms with Crippen LogP contribution >= 0.6 is 0 Å². The Labute approximate surface area is 116 Å². The third-order valence-corrected chi connectivity index (χ3v) is 3.04. The van der Waals surface area contributed by atoms with E-state index < -0.39 is 17.8 Å². The number of nitrogens with one attached hydrogen (secondary N) is 1. The van der Waals surface area contributed by atoms with Gasteiger partial charge in [-0.05, 0) is 18.2 Å². The molecule has 0 aliphatic carbocycles. The SMILES string of the molecule is N#Cc1ccc2c(c1)NC(=O)Cn1cc(C(F)(F)F)nc1-2. The lowest BCUT2D eigenvalue weighted by atomic mass is 10.1. The maximum atomic E-state index is 12.7. The van der Waals surface area contributed by atoms with Gasteiger partial charge in [0.15, 0.2) is 5.69 Å². The second kappa shape index (κ2) is 4.34. The molecule has 0 unspecified atom stereocenters. The lowest BCUT2D eigenvalue weighted by Crippen LogP contribution is -2.16. The van der Waals surface area contributed by atoms with Gasteiger partial charge < -0.3 is 9.88 Å². The van der Waals surface area contributed by atoms with Gasteiger partial charge in [-0.2, -0.15) is 18.4 Å². The van der Waals surface area contributed by atoms with E-state index in [0.717, 1.165) is 10.8 Å². The van der Waals surface area contributed by atoms with Gasteiger partial charge in [0.2, 0.25) is 5.91 Å². The van der Waals surface area contributed by atoms with Crippen molar-refractivity contribution in [1.82, 2.24) is 9.55 Å². The van der Waals surface area contributed by atoms with Gasteiger partial charge in [-0.1, -0.05) is 0 Å². The number of benzene rings is 1. The number of alkyl halides is 3. The van der Waals surface area contributed by atoms with Crippen molar-refractivity contribution in [2.45, 2.75) is 12.7 Å². The fourth-order valence-corrected chi connectivity index (χ4v) is 2.14. The molecule has 1 N–H and O–H groups in total. The fourth-order valence-electron chi connectivity index (χ4n) is 2.14. The highest BCUT2D eigenvalue weighted by atomic mass is 19.4. The summed E-state index contributed by atoms with van der Waals surface area (Å²) in [7, 11) is 0. The van der Waals surface area contributed by atoms with Crippen LogP contribution in [0.15, 0.2) is 24.4 Å². The molecule has 8 heteroatoms. The second-order valence-electron chi connectivity index (χ2n) is 4.50. The minimum absolute atomic E-state index is 0.0418. The number of rotatable bonds is 0. The van der Waals surface area contributed by atoms with Crippen molar-refractivity contribution >= 4 is 11.6 Å². The summed E-state index contributed by atoms with van der Waals surface area (Å²) in [6.45, 7) is -0.269. The number of amides is 1. The first-order valence-electron chi connectivity index (χ1n) is 5.87. The van der Waals surface area contributed by atoms with Crippen molar-refractivity contribution in [3.63, 3.8) is 0 Å². The van der Waals surface area contributed by atoms with E-state index in [1.165, 1.54) is 18.2 Å². The molecule has 2 aromatic rings. The molecule has 3 rings (SSSR count). The van der Waals surface area contributed by atoms with Crippen LogP contribution < -0.4 is 5.32 Å². The van der Waals surface area contributed by atoms with Gasteiger partial charge in [0.1, 0.15) is 12.4 Å². The summed E-state index contributed by atoms with van der Waals surface area (Å²) in [5.41, 5.74) is -0.139. The molecule has 0 radical (unpaired) electrons. The molecule has 106 valence electrons. The number of anilines is 1. The fraction of sp³-hybridized carbons (Fsp3) is 0.154. The number of aromatic nitrogens is 2. The van der Waals surface area contributed by atoms with E-state index in [0.29, 0.717) is 11.1 Å². The number of nitriles is 1. The molecule has 21 heavy (non-hydrogen) atoms. The maximum absolute atomic E-state index is 12.7. The van der Waals surface area contributed by atoms with Gasteiger partial charge >= 0.3 is 6.18 Å². The molecule has 1 aromatic heterocycles. The Morgan fingerprint density at radius 3 is 2.81 bits per heavy atom. The molecule has 0 bridgehead atoms. The summed E-state index contributed by atoms with van der Waals surface area (Å²) < 4.78 is 39.4. The highest BCUT2D eigenvalue weighted by Gasteiger charge is 2.36. The lowest BCUT2D eigenvalue weighted by Gasteiger charge is -2.06. The van der Waals surface area contributed by atoms with E-state index in [-0.39, 0.29) is 18.1 Å². The van der Waals surface area contributed by atoms with Crippen LogP contribution in [-0.2, 0) is 17.5 Å². The molecule has 0 fully saturated rings. The minimum atomic E-state index is -4.58. The molecule has 0 atom stereocenters. The van der Waals surface area contributed by atoms with Crippen LogP contribution in [-0.4, -0.2) is 15.5 Å². The molecule has 0 spiro atoms. The monoisotopic (exact) mass is 292 g/mol. The van der Waals surface area contributed by atoms with Crippen molar-refractivity contribution in [1.29, 1.82) is 5.26 Å². The Kier molecular flexibility index (Phi) is 2.73. The third kappa shape index (κ3) is 2.23. The summed E-state index contributed by atoms with van der Waals surface area (Å²) >= 11 is 0. The first kappa shape index (κ1) is 13.2. The van der Waals surface area contributed by atoms with Crippen LogP contribution in [0, 0.1) is 11.3 Å². The Balaban J connectivity index is 2.22. The van der Waals surface area contributed by atoms with E-state index in [9.17, 15) is 18.0 Å². The Bertz CT molecular complexity index is 786. The normalized spacial score (nSPS) is 13.7.